The fraction of sp³-hybridized carbons (Fsp3) is 0.364. The van der Waals surface area contributed by atoms with Gasteiger partial charge in [0.25, 0.3) is 0 Å². The Balaban J connectivity index is 2.90. The third-order valence-electron chi connectivity index (χ3n) is 2.11. The summed E-state index contributed by atoms with van der Waals surface area (Å²) in [7, 11) is 2.81. The van der Waals surface area contributed by atoms with Gasteiger partial charge in [-0.3, -0.25) is 4.79 Å². The minimum Gasteiger partial charge on any atom is -0.373 e. The van der Waals surface area contributed by atoms with Crippen LogP contribution < -0.4 is 10.2 Å². The zero-order valence-corrected chi connectivity index (χ0v) is 10.1. The van der Waals surface area contributed by atoms with Gasteiger partial charge in [0.05, 0.1) is 0 Å². The highest BCUT2D eigenvalue weighted by Gasteiger charge is 2.31. The lowest BCUT2D eigenvalue weighted by molar-refractivity contribution is -0.150. The highest BCUT2D eigenvalue weighted by molar-refractivity contribution is 5.91. The van der Waals surface area contributed by atoms with Crippen LogP contribution in [0.2, 0.25) is 0 Å². The molecule has 0 saturated heterocycles. The third kappa shape index (κ3) is 4.38. The van der Waals surface area contributed by atoms with Crippen molar-refractivity contribution in [1.82, 2.24) is 0 Å². The summed E-state index contributed by atoms with van der Waals surface area (Å²) in [5, 5.41) is 1.79. The number of anilines is 2. The molecule has 1 N–H and O–H groups in total. The standard InChI is InChI=1S/C11H11F5N2O/c1-18(2)10-7(12)3-6(4-8(10)13)17-9(19)5-11(14,15)16/h3-4H,5H2,1-2H3,(H,17,19). The number of hydrogen-bond donors (Lipinski definition) is 1. The van der Waals surface area contributed by atoms with Crippen LogP contribution in [0, 0.1) is 11.6 Å². The van der Waals surface area contributed by atoms with Crippen LogP contribution in [0.3, 0.4) is 0 Å². The summed E-state index contributed by atoms with van der Waals surface area (Å²) in [5.41, 5.74) is -0.705. The quantitative estimate of drug-likeness (QED) is 0.864. The Labute approximate surface area is 106 Å². The van der Waals surface area contributed by atoms with Crippen LogP contribution in [0.4, 0.5) is 33.3 Å². The summed E-state index contributed by atoms with van der Waals surface area (Å²) in [6.07, 6.45) is -6.39. The van der Waals surface area contributed by atoms with Gasteiger partial charge in [-0.2, -0.15) is 13.2 Å². The first-order valence-corrected chi connectivity index (χ1v) is 5.13. The van der Waals surface area contributed by atoms with Gasteiger partial charge >= 0.3 is 6.18 Å². The lowest BCUT2D eigenvalue weighted by Crippen LogP contribution is -2.21. The molecule has 0 bridgehead atoms. The van der Waals surface area contributed by atoms with Crippen molar-refractivity contribution in [2.75, 3.05) is 24.3 Å². The molecule has 0 saturated carbocycles. The van der Waals surface area contributed by atoms with Crippen LogP contribution in [-0.4, -0.2) is 26.2 Å². The second-order valence-corrected chi connectivity index (χ2v) is 4.02. The van der Waals surface area contributed by atoms with Gasteiger partial charge in [0, 0.05) is 19.8 Å². The van der Waals surface area contributed by atoms with E-state index >= 15 is 0 Å². The van der Waals surface area contributed by atoms with Crippen molar-refractivity contribution < 1.29 is 26.7 Å². The van der Waals surface area contributed by atoms with E-state index in [9.17, 15) is 26.7 Å². The molecule has 0 atom stereocenters. The minimum atomic E-state index is -4.68. The summed E-state index contributed by atoms with van der Waals surface area (Å²) in [6.45, 7) is 0. The van der Waals surface area contributed by atoms with E-state index in [0.717, 1.165) is 12.1 Å². The number of hydrogen-bond acceptors (Lipinski definition) is 2. The number of benzene rings is 1. The number of alkyl halides is 3. The number of carbonyl (C=O) groups is 1. The van der Waals surface area contributed by atoms with Gasteiger partial charge in [-0.15, -0.1) is 0 Å². The first-order valence-electron chi connectivity index (χ1n) is 5.13. The lowest BCUT2D eigenvalue weighted by atomic mass is 10.2. The van der Waals surface area contributed by atoms with Crippen molar-refractivity contribution in [2.45, 2.75) is 12.6 Å². The van der Waals surface area contributed by atoms with E-state index in [4.69, 9.17) is 0 Å². The Morgan fingerprint density at radius 2 is 1.68 bits per heavy atom. The molecule has 0 radical (unpaired) electrons. The van der Waals surface area contributed by atoms with Crippen LogP contribution in [0.1, 0.15) is 6.42 Å². The largest absolute Gasteiger partial charge is 0.397 e. The zero-order chi connectivity index (χ0) is 14.8. The Morgan fingerprint density at radius 1 is 1.21 bits per heavy atom. The topological polar surface area (TPSA) is 32.3 Å². The van der Waals surface area contributed by atoms with Gasteiger partial charge in [-0.25, -0.2) is 8.78 Å². The highest BCUT2D eigenvalue weighted by Crippen LogP contribution is 2.26. The molecule has 0 aliphatic rings. The number of nitrogens with one attached hydrogen (secondary N) is 1. The van der Waals surface area contributed by atoms with Crippen molar-refractivity contribution in [1.29, 1.82) is 0 Å². The predicted octanol–water partition coefficient (Wildman–Crippen LogP) is 2.92. The molecule has 1 rings (SSSR count). The van der Waals surface area contributed by atoms with E-state index in [1.165, 1.54) is 19.0 Å². The van der Waals surface area contributed by atoms with Gasteiger partial charge in [-0.1, -0.05) is 0 Å². The van der Waals surface area contributed by atoms with Gasteiger partial charge in [0.1, 0.15) is 12.1 Å². The van der Waals surface area contributed by atoms with E-state index < -0.39 is 30.1 Å². The Hall–Kier alpha value is -1.86. The molecule has 0 heterocycles. The second kappa shape index (κ2) is 5.41. The number of rotatable bonds is 3. The van der Waals surface area contributed by atoms with Crippen LogP contribution in [0.25, 0.3) is 0 Å². The van der Waals surface area contributed by atoms with Crippen LogP contribution in [-0.2, 0) is 4.79 Å². The predicted molar refractivity (Wildman–Crippen MR) is 60.0 cm³/mol. The number of amides is 1. The van der Waals surface area contributed by atoms with Crippen LogP contribution >= 0.6 is 0 Å². The molecule has 0 aliphatic heterocycles. The molecular weight excluding hydrogens is 271 g/mol. The van der Waals surface area contributed by atoms with Gasteiger partial charge in [0.2, 0.25) is 5.91 Å². The van der Waals surface area contributed by atoms with E-state index in [1.54, 1.807) is 5.32 Å². The number of nitrogens with zero attached hydrogens (tertiary/aromatic N) is 1. The highest BCUT2D eigenvalue weighted by atomic mass is 19.4. The molecule has 0 unspecified atom stereocenters. The average molecular weight is 282 g/mol. The van der Waals surface area contributed by atoms with Crippen molar-refractivity contribution >= 4 is 17.3 Å². The second-order valence-electron chi connectivity index (χ2n) is 4.02. The smallest absolute Gasteiger partial charge is 0.373 e. The molecule has 0 fully saturated rings. The van der Waals surface area contributed by atoms with Crippen molar-refractivity contribution in [2.24, 2.45) is 0 Å². The van der Waals surface area contributed by atoms with Crippen LogP contribution in [0.5, 0.6) is 0 Å². The summed E-state index contributed by atoms with van der Waals surface area (Å²) in [5.74, 6) is -3.34. The zero-order valence-electron chi connectivity index (χ0n) is 10.1. The van der Waals surface area contributed by atoms with E-state index in [1.807, 2.05) is 0 Å². The summed E-state index contributed by atoms with van der Waals surface area (Å²) in [4.78, 5) is 12.2. The lowest BCUT2D eigenvalue weighted by Gasteiger charge is -2.16. The molecule has 1 amide bonds. The third-order valence-corrected chi connectivity index (χ3v) is 2.11. The Morgan fingerprint density at radius 3 is 2.05 bits per heavy atom. The molecule has 0 spiro atoms. The van der Waals surface area contributed by atoms with Gasteiger partial charge in [-0.05, 0) is 12.1 Å². The van der Waals surface area contributed by atoms with Crippen molar-refractivity contribution in [3.05, 3.63) is 23.8 Å². The molecule has 1 aromatic rings. The maximum atomic E-state index is 13.5. The minimum absolute atomic E-state index is 0.339. The average Bonchev–Trinajstić information content (AvgIpc) is 2.10. The molecule has 106 valence electrons. The molecule has 0 aliphatic carbocycles. The Bertz CT molecular complexity index is 461. The SMILES string of the molecule is CN(C)c1c(F)cc(NC(=O)CC(F)(F)F)cc1F. The fourth-order valence-electron chi connectivity index (χ4n) is 1.45. The summed E-state index contributed by atoms with van der Waals surface area (Å²) in [6, 6.07) is 1.51. The molecule has 0 aromatic heterocycles. The molecule has 3 nitrogen and oxygen atoms in total. The van der Waals surface area contributed by atoms with Gasteiger partial charge in [0.15, 0.2) is 11.6 Å². The summed E-state index contributed by atoms with van der Waals surface area (Å²) < 4.78 is 62.8. The van der Waals surface area contributed by atoms with E-state index in [0.29, 0.717) is 0 Å². The molecular formula is C11H11F5N2O. The first-order chi connectivity index (χ1) is 8.60. The van der Waals surface area contributed by atoms with E-state index in [2.05, 4.69) is 0 Å². The molecule has 19 heavy (non-hydrogen) atoms. The Kier molecular flexibility index (Phi) is 4.33. The monoisotopic (exact) mass is 282 g/mol. The first kappa shape index (κ1) is 15.2. The number of halogens is 5. The van der Waals surface area contributed by atoms with E-state index in [-0.39, 0.29) is 11.4 Å². The van der Waals surface area contributed by atoms with Gasteiger partial charge < -0.3 is 10.2 Å². The summed E-state index contributed by atoms with van der Waals surface area (Å²) >= 11 is 0. The maximum absolute atomic E-state index is 13.5. The normalized spacial score (nSPS) is 11.3. The number of carbonyl (C=O) groups excluding carboxylic acids is 1. The van der Waals surface area contributed by atoms with Crippen molar-refractivity contribution in [3.63, 3.8) is 0 Å². The van der Waals surface area contributed by atoms with Crippen molar-refractivity contribution in [3.8, 4) is 0 Å². The maximum Gasteiger partial charge on any atom is 0.397 e. The molecule has 1 aromatic carbocycles. The molecule has 8 heteroatoms. The fourth-order valence-corrected chi connectivity index (χ4v) is 1.45. The van der Waals surface area contributed by atoms with Crippen LogP contribution in [0.15, 0.2) is 12.1 Å².